The second-order valence-corrected chi connectivity index (χ2v) is 16.4. The molecule has 8 heteroatoms. The molecule has 3 N–H and O–H groups in total. The monoisotopic (exact) mass is 609 g/mol. The number of hydrogen-bond acceptors (Lipinski definition) is 5. The number of thioether (sulfide) groups is 1. The van der Waals surface area contributed by atoms with Gasteiger partial charge in [-0.15, -0.1) is 18.2 Å². The molecule has 1 saturated heterocycles. The number of carbonyl (C=O) groups excluding carboxylic acids is 3. The molecular weight excluding hydrogens is 558 g/mol. The number of fused-ring (bicyclic) bond motifs is 6. The molecule has 3 amide bonds. The number of nitrogens with zero attached hydrogens (tertiary/aromatic N) is 1. The lowest BCUT2D eigenvalue weighted by Gasteiger charge is -2.61. The van der Waals surface area contributed by atoms with Crippen molar-refractivity contribution < 1.29 is 19.5 Å². The predicted molar refractivity (Wildman–Crippen MR) is 169 cm³/mol. The molecule has 0 bridgehead atoms. The molecule has 236 valence electrons. The third kappa shape index (κ3) is 5.15. The molecule has 6 rings (SSSR count). The van der Waals surface area contributed by atoms with E-state index in [2.05, 4.69) is 37.3 Å². The van der Waals surface area contributed by atoms with E-state index in [0.29, 0.717) is 46.5 Å². The molecule has 11 atom stereocenters. The third-order valence-corrected chi connectivity index (χ3v) is 14.7. The van der Waals surface area contributed by atoms with Gasteiger partial charge < -0.3 is 15.7 Å². The molecule has 0 radical (unpaired) electrons. The van der Waals surface area contributed by atoms with Crippen molar-refractivity contribution in [3.63, 3.8) is 0 Å². The maximum absolute atomic E-state index is 13.1. The van der Waals surface area contributed by atoms with Gasteiger partial charge in [0.05, 0.1) is 12.6 Å². The Morgan fingerprint density at radius 2 is 1.86 bits per heavy atom. The highest BCUT2D eigenvalue weighted by Crippen LogP contribution is 2.68. The average Bonchev–Trinajstić information content (AvgIpc) is 3.35. The lowest BCUT2D eigenvalue weighted by Crippen LogP contribution is -2.70. The van der Waals surface area contributed by atoms with Gasteiger partial charge in [0.2, 0.25) is 5.91 Å². The van der Waals surface area contributed by atoms with E-state index in [4.69, 9.17) is 6.42 Å². The maximum atomic E-state index is 13.1. The zero-order valence-electron chi connectivity index (χ0n) is 26.5. The van der Waals surface area contributed by atoms with E-state index in [1.165, 1.54) is 49.8 Å². The summed E-state index contributed by atoms with van der Waals surface area (Å²) in [6.07, 6.45) is 17.4. The first kappa shape index (κ1) is 31.0. The molecule has 7 nitrogen and oxygen atoms in total. The average molecular weight is 610 g/mol. The molecule has 2 heterocycles. The lowest BCUT2D eigenvalue weighted by molar-refractivity contribution is -0.147. The van der Waals surface area contributed by atoms with Gasteiger partial charge in [-0.1, -0.05) is 26.7 Å². The molecule has 2 aliphatic heterocycles. The van der Waals surface area contributed by atoms with Crippen LogP contribution in [-0.2, 0) is 14.4 Å². The molecule has 4 aliphatic carbocycles. The molecule has 0 aromatic rings. The Morgan fingerprint density at radius 3 is 2.63 bits per heavy atom. The Labute approximate surface area is 262 Å². The van der Waals surface area contributed by atoms with Crippen molar-refractivity contribution in [2.75, 3.05) is 12.3 Å². The van der Waals surface area contributed by atoms with Crippen LogP contribution in [0.15, 0.2) is 11.3 Å². The van der Waals surface area contributed by atoms with Crippen LogP contribution in [0.25, 0.3) is 0 Å². The standard InChI is InChI=1S/C35H51N3O4S/c1-6-17-36-31(41)30-21(3)19-43-33-29(32(42)38(30)33)37-28(40)12-7-20(2)25-10-11-26-24-9-8-22-18-23(39)13-15-34(22,4)27(24)14-16-35(25,26)5/h1,20,22-27,29,33,39H,7-19H2,2-5H3,(H,36,41)(H,37,40)/t20-,22-,23-,24+,25-,26+,27?,29?,33?,34+,35-/m1/s1. The van der Waals surface area contributed by atoms with E-state index >= 15 is 0 Å². The zero-order chi connectivity index (χ0) is 30.7. The van der Waals surface area contributed by atoms with Crippen LogP contribution in [0.2, 0.25) is 0 Å². The van der Waals surface area contributed by atoms with Gasteiger partial charge >= 0.3 is 0 Å². The Balaban J connectivity index is 1.03. The van der Waals surface area contributed by atoms with Crippen LogP contribution < -0.4 is 10.6 Å². The first-order chi connectivity index (χ1) is 20.5. The van der Waals surface area contributed by atoms with Crippen LogP contribution >= 0.6 is 11.8 Å². The molecular formula is C35H51N3O4S. The minimum atomic E-state index is -0.586. The van der Waals surface area contributed by atoms with Gasteiger partial charge in [-0.3, -0.25) is 19.3 Å². The molecule has 5 fully saturated rings. The van der Waals surface area contributed by atoms with Crippen LogP contribution in [0.5, 0.6) is 0 Å². The maximum Gasteiger partial charge on any atom is 0.268 e. The summed E-state index contributed by atoms with van der Waals surface area (Å²) in [5, 5.41) is 15.8. The molecule has 3 unspecified atom stereocenters. The highest BCUT2D eigenvalue weighted by Gasteiger charge is 2.60. The lowest BCUT2D eigenvalue weighted by atomic mass is 9.44. The zero-order valence-corrected chi connectivity index (χ0v) is 27.3. The smallest absolute Gasteiger partial charge is 0.268 e. The van der Waals surface area contributed by atoms with E-state index < -0.39 is 6.04 Å². The summed E-state index contributed by atoms with van der Waals surface area (Å²) >= 11 is 1.59. The summed E-state index contributed by atoms with van der Waals surface area (Å²) in [5.74, 6) is 6.61. The van der Waals surface area contributed by atoms with Crippen molar-refractivity contribution in [3.8, 4) is 12.3 Å². The van der Waals surface area contributed by atoms with Gasteiger partial charge in [0.25, 0.3) is 11.8 Å². The Bertz CT molecular complexity index is 1230. The number of hydrogen-bond donors (Lipinski definition) is 3. The molecule has 0 spiro atoms. The second-order valence-electron chi connectivity index (χ2n) is 15.3. The number of β-lactam (4-membered cyclic amide) rings is 1. The van der Waals surface area contributed by atoms with Gasteiger partial charge in [-0.25, -0.2) is 0 Å². The van der Waals surface area contributed by atoms with E-state index in [0.717, 1.165) is 42.6 Å². The van der Waals surface area contributed by atoms with E-state index in [1.807, 2.05) is 6.92 Å². The predicted octanol–water partition coefficient (Wildman–Crippen LogP) is 4.85. The van der Waals surface area contributed by atoms with Crippen molar-refractivity contribution in [2.24, 2.45) is 46.3 Å². The second kappa shape index (κ2) is 11.7. The Hall–Kier alpha value is -1.98. The summed E-state index contributed by atoms with van der Waals surface area (Å²) in [6.45, 7) is 9.44. The molecule has 0 aromatic heterocycles. The number of amides is 3. The van der Waals surface area contributed by atoms with Crippen molar-refractivity contribution >= 4 is 29.5 Å². The number of terminal acetylenes is 1. The number of aliphatic hydroxyl groups excluding tert-OH is 1. The SMILES string of the molecule is C#CCNC(=O)C1=C(C)CSC2C(NC(=O)CC[C@@H](C)[C@H]3CC[C@H]4[C@@H]5CC[C@@H]6C[C@H](O)CC[C@]6(C)C5CC[C@]34C)C(=O)N12. The fourth-order valence-electron chi connectivity index (χ4n) is 11.0. The van der Waals surface area contributed by atoms with Crippen LogP contribution in [0, 0.1) is 58.7 Å². The van der Waals surface area contributed by atoms with Crippen molar-refractivity contribution in [3.05, 3.63) is 11.3 Å². The van der Waals surface area contributed by atoms with Gasteiger partial charge in [-0.2, -0.15) is 0 Å². The van der Waals surface area contributed by atoms with Crippen LogP contribution in [-0.4, -0.2) is 57.5 Å². The van der Waals surface area contributed by atoms with Crippen LogP contribution in [0.4, 0.5) is 0 Å². The summed E-state index contributed by atoms with van der Waals surface area (Å²) in [5.41, 5.74) is 1.97. The summed E-state index contributed by atoms with van der Waals surface area (Å²) < 4.78 is 0. The van der Waals surface area contributed by atoms with Gasteiger partial charge in [-0.05, 0) is 123 Å². The first-order valence-corrected chi connectivity index (χ1v) is 17.9. The summed E-state index contributed by atoms with van der Waals surface area (Å²) in [7, 11) is 0. The van der Waals surface area contributed by atoms with E-state index in [1.54, 1.807) is 11.8 Å². The van der Waals surface area contributed by atoms with Crippen molar-refractivity contribution in [1.29, 1.82) is 0 Å². The van der Waals surface area contributed by atoms with E-state index in [9.17, 15) is 19.5 Å². The first-order valence-electron chi connectivity index (χ1n) is 16.8. The van der Waals surface area contributed by atoms with Crippen LogP contribution in [0.3, 0.4) is 0 Å². The van der Waals surface area contributed by atoms with Crippen LogP contribution in [0.1, 0.15) is 98.3 Å². The summed E-state index contributed by atoms with van der Waals surface area (Å²) in [4.78, 5) is 40.4. The van der Waals surface area contributed by atoms with Gasteiger partial charge in [0, 0.05) is 12.2 Å². The minimum Gasteiger partial charge on any atom is -0.393 e. The third-order valence-electron chi connectivity index (χ3n) is 13.3. The Kier molecular flexibility index (Phi) is 8.47. The number of nitrogens with one attached hydrogen (secondary N) is 2. The Morgan fingerprint density at radius 1 is 1.12 bits per heavy atom. The molecule has 0 aromatic carbocycles. The van der Waals surface area contributed by atoms with E-state index in [-0.39, 0.29) is 35.7 Å². The fourth-order valence-corrected chi connectivity index (χ4v) is 12.3. The fraction of sp³-hybridized carbons (Fsp3) is 0.800. The highest BCUT2D eigenvalue weighted by molar-refractivity contribution is 8.00. The highest BCUT2D eigenvalue weighted by atomic mass is 32.2. The number of rotatable bonds is 7. The van der Waals surface area contributed by atoms with Crippen molar-refractivity contribution in [2.45, 2.75) is 116 Å². The number of carbonyl (C=O) groups is 3. The number of aliphatic hydroxyl groups is 1. The molecule has 43 heavy (non-hydrogen) atoms. The minimum absolute atomic E-state index is 0.0656. The molecule has 6 aliphatic rings. The largest absolute Gasteiger partial charge is 0.393 e. The van der Waals surface area contributed by atoms with Gasteiger partial charge in [0.1, 0.15) is 17.1 Å². The normalized spacial score (nSPS) is 42.4. The summed E-state index contributed by atoms with van der Waals surface area (Å²) in [6, 6.07) is -0.586. The molecule has 4 saturated carbocycles. The van der Waals surface area contributed by atoms with Crippen molar-refractivity contribution in [1.82, 2.24) is 15.5 Å². The quantitative estimate of drug-likeness (QED) is 0.283. The topological polar surface area (TPSA) is 98.7 Å². The van der Waals surface area contributed by atoms with Gasteiger partial charge in [0.15, 0.2) is 0 Å².